The van der Waals surface area contributed by atoms with Crippen LogP contribution in [-0.2, 0) is 19.1 Å². The molecule has 2 saturated heterocycles. The summed E-state index contributed by atoms with van der Waals surface area (Å²) >= 11 is 0. The molecule has 2 heterocycles. The minimum atomic E-state index is -0.473. The van der Waals surface area contributed by atoms with Crippen molar-refractivity contribution in [3.63, 3.8) is 0 Å². The molecule has 1 amide bonds. The number of carbonyl (C=O) groups excluding carboxylic acids is 2. The summed E-state index contributed by atoms with van der Waals surface area (Å²) in [6, 6.07) is -0.473. The van der Waals surface area contributed by atoms with Gasteiger partial charge in [-0.25, -0.2) is 4.79 Å². The minimum absolute atomic E-state index is 0.0362. The Morgan fingerprint density at radius 2 is 2.44 bits per heavy atom. The number of hydrogen-bond acceptors (Lipinski definition) is 4. The maximum Gasteiger partial charge on any atom is 0.328 e. The van der Waals surface area contributed by atoms with Gasteiger partial charge < -0.3 is 14.8 Å². The smallest absolute Gasteiger partial charge is 0.328 e. The lowest BCUT2D eigenvalue weighted by Crippen LogP contribution is -2.40. The first kappa shape index (κ1) is 11.4. The number of rotatable bonds is 3. The maximum absolute atomic E-state index is 11.7. The quantitative estimate of drug-likeness (QED) is 0.694. The first-order chi connectivity index (χ1) is 7.72. The lowest BCUT2D eigenvalue weighted by Gasteiger charge is -2.21. The molecule has 16 heavy (non-hydrogen) atoms. The highest BCUT2D eigenvalue weighted by Crippen LogP contribution is 2.31. The van der Waals surface area contributed by atoms with Gasteiger partial charge in [-0.2, -0.15) is 0 Å². The van der Waals surface area contributed by atoms with Gasteiger partial charge in [0.05, 0.1) is 6.61 Å². The van der Waals surface area contributed by atoms with Gasteiger partial charge in [0.1, 0.15) is 6.04 Å². The topological polar surface area (TPSA) is 64.6 Å². The number of amides is 1. The Morgan fingerprint density at radius 1 is 1.62 bits per heavy atom. The molecule has 2 fully saturated rings. The van der Waals surface area contributed by atoms with Crippen LogP contribution in [0, 0.1) is 11.8 Å². The molecule has 0 bridgehead atoms. The van der Waals surface area contributed by atoms with Gasteiger partial charge >= 0.3 is 5.97 Å². The second kappa shape index (κ2) is 4.82. The van der Waals surface area contributed by atoms with E-state index in [1.807, 2.05) is 0 Å². The second-order valence-corrected chi connectivity index (χ2v) is 4.29. The van der Waals surface area contributed by atoms with Crippen molar-refractivity contribution in [2.24, 2.45) is 11.8 Å². The first-order valence-corrected chi connectivity index (χ1v) is 5.76. The fourth-order valence-electron chi connectivity index (χ4n) is 2.47. The van der Waals surface area contributed by atoms with Crippen molar-refractivity contribution in [1.82, 2.24) is 5.32 Å². The SMILES string of the molecule is CCOC(=O)C1NC(=O)CC1C1CCOC1. The Hall–Kier alpha value is -1.10. The van der Waals surface area contributed by atoms with Crippen LogP contribution < -0.4 is 5.32 Å². The summed E-state index contributed by atoms with van der Waals surface area (Å²) in [5.74, 6) is -0.0393. The molecule has 2 aliphatic heterocycles. The normalized spacial score (nSPS) is 33.8. The Balaban J connectivity index is 2.03. The molecule has 2 rings (SSSR count). The Kier molecular flexibility index (Phi) is 3.43. The zero-order valence-electron chi connectivity index (χ0n) is 9.40. The fraction of sp³-hybridized carbons (Fsp3) is 0.818. The van der Waals surface area contributed by atoms with Crippen molar-refractivity contribution in [2.45, 2.75) is 25.8 Å². The molecular weight excluding hydrogens is 210 g/mol. The Labute approximate surface area is 94.5 Å². The molecule has 0 spiro atoms. The molecule has 5 nitrogen and oxygen atoms in total. The molecule has 3 atom stereocenters. The van der Waals surface area contributed by atoms with Crippen molar-refractivity contribution in [3.8, 4) is 0 Å². The Bertz CT molecular complexity index is 286. The zero-order valence-corrected chi connectivity index (χ0v) is 9.40. The molecule has 0 aromatic heterocycles. The first-order valence-electron chi connectivity index (χ1n) is 5.76. The fourth-order valence-corrected chi connectivity index (χ4v) is 2.47. The summed E-state index contributed by atoms with van der Waals surface area (Å²) in [4.78, 5) is 23.0. The molecule has 0 radical (unpaired) electrons. The molecule has 5 heteroatoms. The van der Waals surface area contributed by atoms with E-state index < -0.39 is 6.04 Å². The average Bonchev–Trinajstić information content (AvgIpc) is 2.85. The van der Waals surface area contributed by atoms with E-state index in [0.717, 1.165) is 13.0 Å². The van der Waals surface area contributed by atoms with E-state index in [1.54, 1.807) is 6.92 Å². The summed E-state index contributed by atoms with van der Waals surface area (Å²) in [6.45, 7) is 3.49. The van der Waals surface area contributed by atoms with E-state index in [-0.39, 0.29) is 17.8 Å². The van der Waals surface area contributed by atoms with E-state index in [4.69, 9.17) is 9.47 Å². The van der Waals surface area contributed by atoms with Crippen LogP contribution in [0.5, 0.6) is 0 Å². The highest BCUT2D eigenvalue weighted by molar-refractivity contribution is 5.88. The monoisotopic (exact) mass is 227 g/mol. The molecular formula is C11H17NO4. The summed E-state index contributed by atoms with van der Waals surface area (Å²) in [5.41, 5.74) is 0. The second-order valence-electron chi connectivity index (χ2n) is 4.29. The van der Waals surface area contributed by atoms with Gasteiger partial charge in [-0.15, -0.1) is 0 Å². The zero-order chi connectivity index (χ0) is 11.5. The number of ether oxygens (including phenoxy) is 2. The lowest BCUT2D eigenvalue weighted by molar-refractivity contribution is -0.147. The average molecular weight is 227 g/mol. The summed E-state index contributed by atoms with van der Waals surface area (Å²) in [5, 5.41) is 2.70. The van der Waals surface area contributed by atoms with Crippen LogP contribution in [-0.4, -0.2) is 37.7 Å². The van der Waals surface area contributed by atoms with Crippen molar-refractivity contribution >= 4 is 11.9 Å². The predicted octanol–water partition coefficient (Wildman–Crippen LogP) is 0.0907. The molecule has 0 aliphatic carbocycles. The standard InChI is InChI=1S/C11H17NO4/c1-2-16-11(14)10-8(5-9(13)12-10)7-3-4-15-6-7/h7-8,10H,2-6H2,1H3,(H,12,13). The van der Waals surface area contributed by atoms with Crippen LogP contribution in [0.4, 0.5) is 0 Å². The van der Waals surface area contributed by atoms with Crippen molar-refractivity contribution in [1.29, 1.82) is 0 Å². The summed E-state index contributed by atoms with van der Waals surface area (Å²) in [6.07, 6.45) is 1.34. The molecule has 90 valence electrons. The van der Waals surface area contributed by atoms with E-state index in [0.29, 0.717) is 25.6 Å². The van der Waals surface area contributed by atoms with Crippen LogP contribution in [0.25, 0.3) is 0 Å². The number of esters is 1. The highest BCUT2D eigenvalue weighted by Gasteiger charge is 2.43. The van der Waals surface area contributed by atoms with Gasteiger partial charge in [0.15, 0.2) is 0 Å². The van der Waals surface area contributed by atoms with E-state index in [2.05, 4.69) is 5.32 Å². The van der Waals surface area contributed by atoms with Gasteiger partial charge in [0, 0.05) is 25.6 Å². The predicted molar refractivity (Wildman–Crippen MR) is 55.6 cm³/mol. The van der Waals surface area contributed by atoms with Crippen LogP contribution in [0.1, 0.15) is 19.8 Å². The Morgan fingerprint density at radius 3 is 3.06 bits per heavy atom. The molecule has 1 N–H and O–H groups in total. The van der Waals surface area contributed by atoms with Crippen molar-refractivity contribution in [3.05, 3.63) is 0 Å². The van der Waals surface area contributed by atoms with Crippen LogP contribution >= 0.6 is 0 Å². The van der Waals surface area contributed by atoms with Gasteiger partial charge in [0.2, 0.25) is 5.91 Å². The van der Waals surface area contributed by atoms with Crippen LogP contribution in [0.15, 0.2) is 0 Å². The third-order valence-electron chi connectivity index (χ3n) is 3.28. The van der Waals surface area contributed by atoms with E-state index in [1.165, 1.54) is 0 Å². The molecule has 0 saturated carbocycles. The molecule has 3 unspecified atom stereocenters. The van der Waals surface area contributed by atoms with Crippen molar-refractivity contribution < 1.29 is 19.1 Å². The van der Waals surface area contributed by atoms with Crippen LogP contribution in [0.2, 0.25) is 0 Å². The van der Waals surface area contributed by atoms with E-state index >= 15 is 0 Å². The minimum Gasteiger partial charge on any atom is -0.464 e. The highest BCUT2D eigenvalue weighted by atomic mass is 16.5. The third-order valence-corrected chi connectivity index (χ3v) is 3.28. The third kappa shape index (κ3) is 2.19. The van der Waals surface area contributed by atoms with Crippen LogP contribution in [0.3, 0.4) is 0 Å². The maximum atomic E-state index is 11.7. The molecule has 0 aromatic carbocycles. The number of nitrogens with one attached hydrogen (secondary N) is 1. The molecule has 2 aliphatic rings. The van der Waals surface area contributed by atoms with Gasteiger partial charge in [-0.3, -0.25) is 4.79 Å². The van der Waals surface area contributed by atoms with Gasteiger partial charge in [-0.05, 0) is 19.3 Å². The van der Waals surface area contributed by atoms with Gasteiger partial charge in [-0.1, -0.05) is 0 Å². The largest absolute Gasteiger partial charge is 0.464 e. The van der Waals surface area contributed by atoms with E-state index in [9.17, 15) is 9.59 Å². The van der Waals surface area contributed by atoms with Gasteiger partial charge in [0.25, 0.3) is 0 Å². The van der Waals surface area contributed by atoms with Crippen molar-refractivity contribution in [2.75, 3.05) is 19.8 Å². The molecule has 0 aromatic rings. The summed E-state index contributed by atoms with van der Waals surface area (Å²) in [7, 11) is 0. The summed E-state index contributed by atoms with van der Waals surface area (Å²) < 4.78 is 10.3. The number of carbonyl (C=O) groups is 2. The number of hydrogen-bond donors (Lipinski definition) is 1. The lowest BCUT2D eigenvalue weighted by atomic mass is 9.85.